The molecule has 0 fully saturated rings. The topological polar surface area (TPSA) is 112 Å². The maximum atomic E-state index is 13.4. The van der Waals surface area contributed by atoms with Crippen LogP contribution in [0.25, 0.3) is 22.6 Å². The molecule has 0 unspecified atom stereocenters. The Morgan fingerprint density at radius 2 is 1.96 bits per heavy atom. The second kappa shape index (κ2) is 7.37. The first-order chi connectivity index (χ1) is 13.7. The van der Waals surface area contributed by atoms with E-state index in [0.29, 0.717) is 18.1 Å². The van der Waals surface area contributed by atoms with Crippen LogP contribution in [0.2, 0.25) is 0 Å². The predicted molar refractivity (Wildman–Crippen MR) is 104 cm³/mol. The number of imidazole rings is 2. The summed E-state index contributed by atoms with van der Waals surface area (Å²) in [5.41, 5.74) is 3.12. The van der Waals surface area contributed by atoms with Crippen molar-refractivity contribution >= 4 is 11.0 Å². The lowest BCUT2D eigenvalue weighted by molar-refractivity contribution is 0.462. The van der Waals surface area contributed by atoms with E-state index in [2.05, 4.69) is 51.4 Å². The van der Waals surface area contributed by atoms with Crippen LogP contribution in [0.1, 0.15) is 45.3 Å². The van der Waals surface area contributed by atoms with Gasteiger partial charge in [-0.3, -0.25) is 14.1 Å². The maximum absolute atomic E-state index is 13.4. The minimum absolute atomic E-state index is 0.0420. The summed E-state index contributed by atoms with van der Waals surface area (Å²) in [6.45, 7) is 7.48. The number of aromatic amines is 1. The van der Waals surface area contributed by atoms with Crippen molar-refractivity contribution in [3.8, 4) is 11.5 Å². The highest BCUT2D eigenvalue weighted by Gasteiger charge is 2.21. The van der Waals surface area contributed by atoms with Crippen LogP contribution < -0.4 is 5.69 Å². The fraction of sp³-hybridized carbons (Fsp3) is 0.444. The van der Waals surface area contributed by atoms with Gasteiger partial charge in [0, 0.05) is 18.8 Å². The predicted octanol–water partition coefficient (Wildman–Crippen LogP) is 2.00. The average molecular weight is 381 g/mol. The van der Waals surface area contributed by atoms with Gasteiger partial charge in [0.2, 0.25) is 5.82 Å². The summed E-state index contributed by atoms with van der Waals surface area (Å²) >= 11 is 0. The number of H-pyrrole nitrogens is 1. The summed E-state index contributed by atoms with van der Waals surface area (Å²) in [5.74, 6) is 0.398. The normalized spacial score (nSPS) is 11.7. The molecule has 146 valence electrons. The molecule has 0 amide bonds. The van der Waals surface area contributed by atoms with Gasteiger partial charge in [-0.1, -0.05) is 13.8 Å². The van der Waals surface area contributed by atoms with Gasteiger partial charge in [-0.05, 0) is 31.0 Å². The quantitative estimate of drug-likeness (QED) is 0.524. The molecule has 10 heteroatoms. The molecule has 0 aliphatic carbocycles. The zero-order chi connectivity index (χ0) is 19.7. The Hall–Kier alpha value is -3.30. The summed E-state index contributed by atoms with van der Waals surface area (Å²) in [6, 6.07) is 1.97. The first-order valence-electron chi connectivity index (χ1n) is 9.51. The molecule has 4 aromatic rings. The number of fused-ring (bicyclic) bond motifs is 1. The van der Waals surface area contributed by atoms with Gasteiger partial charge in [0.05, 0.1) is 35.8 Å². The summed E-state index contributed by atoms with van der Waals surface area (Å²) < 4.78 is 5.67. The molecular weight excluding hydrogens is 358 g/mol. The lowest BCUT2D eigenvalue weighted by Gasteiger charge is -2.14. The number of aromatic nitrogens is 9. The molecule has 10 nitrogen and oxygen atoms in total. The number of tetrazole rings is 1. The minimum Gasteiger partial charge on any atom is -0.333 e. The van der Waals surface area contributed by atoms with Gasteiger partial charge in [-0.25, -0.2) is 9.78 Å². The van der Waals surface area contributed by atoms with Crippen LogP contribution in [0, 0.1) is 0 Å². The van der Waals surface area contributed by atoms with Gasteiger partial charge < -0.3 is 4.57 Å². The molecule has 1 N–H and O–H groups in total. The summed E-state index contributed by atoms with van der Waals surface area (Å²) in [7, 11) is 0. The van der Waals surface area contributed by atoms with E-state index in [1.165, 1.54) is 0 Å². The van der Waals surface area contributed by atoms with E-state index in [1.807, 2.05) is 15.2 Å². The number of nitrogens with zero attached hydrogens (tertiary/aromatic N) is 8. The average Bonchev–Trinajstić information content (AvgIpc) is 3.45. The number of nitrogens with one attached hydrogen (secondary N) is 1. The molecule has 0 aliphatic rings. The highest BCUT2D eigenvalue weighted by atomic mass is 16.1. The Labute approximate surface area is 161 Å². The number of pyridine rings is 1. The summed E-state index contributed by atoms with van der Waals surface area (Å²) in [4.78, 5) is 22.1. The Morgan fingerprint density at radius 1 is 1.14 bits per heavy atom. The van der Waals surface area contributed by atoms with Gasteiger partial charge in [0.1, 0.15) is 5.69 Å². The van der Waals surface area contributed by atoms with Crippen molar-refractivity contribution in [2.24, 2.45) is 0 Å². The van der Waals surface area contributed by atoms with Crippen molar-refractivity contribution in [2.45, 2.75) is 52.7 Å². The van der Waals surface area contributed by atoms with Crippen molar-refractivity contribution in [3.05, 3.63) is 41.0 Å². The van der Waals surface area contributed by atoms with Gasteiger partial charge in [-0.2, -0.15) is 5.21 Å². The number of hydrogen-bond acceptors (Lipinski definition) is 6. The smallest absolute Gasteiger partial charge is 0.329 e. The van der Waals surface area contributed by atoms with E-state index < -0.39 is 0 Å². The van der Waals surface area contributed by atoms with Crippen molar-refractivity contribution in [1.82, 2.24) is 44.3 Å². The molecule has 0 atom stereocenters. The molecule has 0 bridgehead atoms. The third kappa shape index (κ3) is 2.90. The molecule has 0 saturated heterocycles. The fourth-order valence-corrected chi connectivity index (χ4v) is 3.65. The number of rotatable bonds is 7. The van der Waals surface area contributed by atoms with Crippen molar-refractivity contribution in [2.75, 3.05) is 0 Å². The zero-order valence-electron chi connectivity index (χ0n) is 16.2. The van der Waals surface area contributed by atoms with Gasteiger partial charge in [-0.15, -0.1) is 10.2 Å². The van der Waals surface area contributed by atoms with Crippen LogP contribution in [0.15, 0.2) is 29.6 Å². The Morgan fingerprint density at radius 3 is 2.64 bits per heavy atom. The zero-order valence-corrected chi connectivity index (χ0v) is 16.2. The molecule has 4 aromatic heterocycles. The molecule has 0 radical (unpaired) electrons. The van der Waals surface area contributed by atoms with E-state index in [9.17, 15) is 4.79 Å². The second-order valence-electron chi connectivity index (χ2n) is 6.67. The molecular formula is C18H23N9O. The van der Waals surface area contributed by atoms with E-state index >= 15 is 0 Å². The van der Waals surface area contributed by atoms with Crippen LogP contribution >= 0.6 is 0 Å². The third-order valence-electron chi connectivity index (χ3n) is 5.19. The number of aryl methyl sites for hydroxylation is 1. The number of hydrogen-bond donors (Lipinski definition) is 1. The Kier molecular flexibility index (Phi) is 4.76. The van der Waals surface area contributed by atoms with E-state index in [-0.39, 0.29) is 11.7 Å². The summed E-state index contributed by atoms with van der Waals surface area (Å²) in [6.07, 6.45) is 7.06. The maximum Gasteiger partial charge on any atom is 0.329 e. The molecule has 4 rings (SSSR count). The van der Waals surface area contributed by atoms with E-state index in [0.717, 1.165) is 36.1 Å². The van der Waals surface area contributed by atoms with Crippen LogP contribution in [0.3, 0.4) is 0 Å². The SMILES string of the molecule is CCC(CC)n1c(=O)n(Cc2cncn2CC)c2cc(-c3nn[nH]n3)ncc21. The second-order valence-corrected chi connectivity index (χ2v) is 6.67. The molecule has 4 heterocycles. The highest BCUT2D eigenvalue weighted by Crippen LogP contribution is 2.24. The van der Waals surface area contributed by atoms with Gasteiger partial charge >= 0.3 is 5.69 Å². The van der Waals surface area contributed by atoms with Gasteiger partial charge in [0.25, 0.3) is 0 Å². The van der Waals surface area contributed by atoms with Crippen LogP contribution in [0.4, 0.5) is 0 Å². The minimum atomic E-state index is -0.0420. The first kappa shape index (κ1) is 18.1. The molecule has 0 spiro atoms. The van der Waals surface area contributed by atoms with Crippen LogP contribution in [0.5, 0.6) is 0 Å². The van der Waals surface area contributed by atoms with Crippen LogP contribution in [-0.2, 0) is 13.1 Å². The van der Waals surface area contributed by atoms with Crippen molar-refractivity contribution in [1.29, 1.82) is 0 Å². The summed E-state index contributed by atoms with van der Waals surface area (Å²) in [5, 5.41) is 14.0. The Bertz CT molecular complexity index is 1130. The lowest BCUT2D eigenvalue weighted by Crippen LogP contribution is -2.28. The molecule has 0 aliphatic heterocycles. The molecule has 28 heavy (non-hydrogen) atoms. The molecule has 0 aromatic carbocycles. The standard InChI is InChI=1S/C18H23N9O/c1-4-12(5-2)27-16-9-20-14(17-21-23-24-22-17)7-15(16)26(18(27)28)10-13-8-19-11-25(13)6-3/h7-9,11-12H,4-6,10H2,1-3H3,(H,21,22,23,24). The van der Waals surface area contributed by atoms with Crippen LogP contribution in [-0.4, -0.2) is 44.3 Å². The largest absolute Gasteiger partial charge is 0.333 e. The Balaban J connectivity index is 1.93. The van der Waals surface area contributed by atoms with Crippen molar-refractivity contribution < 1.29 is 0 Å². The van der Waals surface area contributed by atoms with Gasteiger partial charge in [0.15, 0.2) is 0 Å². The third-order valence-corrected chi connectivity index (χ3v) is 5.19. The fourth-order valence-electron chi connectivity index (χ4n) is 3.65. The molecule has 0 saturated carbocycles. The first-order valence-corrected chi connectivity index (χ1v) is 9.51. The van der Waals surface area contributed by atoms with Crippen molar-refractivity contribution in [3.63, 3.8) is 0 Å². The van der Waals surface area contributed by atoms with E-state index in [1.54, 1.807) is 23.3 Å². The highest BCUT2D eigenvalue weighted by molar-refractivity contribution is 5.79. The van der Waals surface area contributed by atoms with E-state index in [4.69, 9.17) is 0 Å². The lowest BCUT2D eigenvalue weighted by atomic mass is 10.1. The monoisotopic (exact) mass is 381 g/mol.